The number of nitrogens with two attached hydrogens (primary N) is 1. The highest BCUT2D eigenvalue weighted by Gasteiger charge is 2.28. The summed E-state index contributed by atoms with van der Waals surface area (Å²) in [7, 11) is 0. The van der Waals surface area contributed by atoms with Crippen molar-refractivity contribution in [1.82, 2.24) is 5.32 Å². The van der Waals surface area contributed by atoms with E-state index in [4.69, 9.17) is 5.73 Å². The van der Waals surface area contributed by atoms with Crippen LogP contribution in [0.25, 0.3) is 0 Å². The van der Waals surface area contributed by atoms with E-state index < -0.39 is 12.0 Å². The van der Waals surface area contributed by atoms with Crippen LogP contribution >= 0.6 is 0 Å². The molecule has 0 spiro atoms. The smallest absolute Gasteiger partial charge is 0.326 e. The maximum Gasteiger partial charge on any atom is 0.326 e. The van der Waals surface area contributed by atoms with E-state index in [1.165, 1.54) is 0 Å². The number of hydrogen-bond acceptors (Lipinski definition) is 3. The fourth-order valence-electron chi connectivity index (χ4n) is 2.72. The number of amides is 1. The first-order valence-corrected chi connectivity index (χ1v) is 7.39. The van der Waals surface area contributed by atoms with Crippen LogP contribution in [0, 0.1) is 5.92 Å². The number of carboxylic acid groups (broad SMARTS) is 1. The maximum atomic E-state index is 12.2. The molecule has 1 atom stereocenters. The highest BCUT2D eigenvalue weighted by molar-refractivity contribution is 5.85. The summed E-state index contributed by atoms with van der Waals surface area (Å²) in [5.74, 6) is -1.27. The second kappa shape index (κ2) is 7.22. The highest BCUT2D eigenvalue weighted by Crippen LogP contribution is 2.23. The van der Waals surface area contributed by atoms with Crippen molar-refractivity contribution in [3.63, 3.8) is 0 Å². The largest absolute Gasteiger partial charge is 0.480 e. The van der Waals surface area contributed by atoms with Crippen LogP contribution < -0.4 is 11.1 Å². The normalized spacial score (nSPS) is 23.3. The molecule has 114 valence electrons. The predicted molar refractivity (Wildman–Crippen MR) is 79.6 cm³/mol. The minimum atomic E-state index is -1.00. The molecule has 1 aromatic carbocycles. The van der Waals surface area contributed by atoms with Crippen LogP contribution in [0.4, 0.5) is 0 Å². The molecule has 4 N–H and O–H groups in total. The van der Waals surface area contributed by atoms with Gasteiger partial charge in [-0.2, -0.15) is 0 Å². The fraction of sp³-hybridized carbons (Fsp3) is 0.500. The quantitative estimate of drug-likeness (QED) is 0.762. The second-order valence-corrected chi connectivity index (χ2v) is 5.70. The summed E-state index contributed by atoms with van der Waals surface area (Å²) in [6, 6.07) is 8.62. The lowest BCUT2D eigenvalue weighted by atomic mass is 9.85. The Hall–Kier alpha value is -1.88. The van der Waals surface area contributed by atoms with Gasteiger partial charge in [-0.1, -0.05) is 30.3 Å². The summed E-state index contributed by atoms with van der Waals surface area (Å²) in [4.78, 5) is 23.5. The molecule has 1 aliphatic rings. The second-order valence-electron chi connectivity index (χ2n) is 5.70. The van der Waals surface area contributed by atoms with Crippen molar-refractivity contribution >= 4 is 11.9 Å². The van der Waals surface area contributed by atoms with Gasteiger partial charge >= 0.3 is 5.97 Å². The molecule has 0 bridgehead atoms. The van der Waals surface area contributed by atoms with E-state index >= 15 is 0 Å². The lowest BCUT2D eigenvalue weighted by molar-refractivity contribution is -0.142. The molecular weight excluding hydrogens is 268 g/mol. The van der Waals surface area contributed by atoms with Gasteiger partial charge < -0.3 is 16.2 Å². The van der Waals surface area contributed by atoms with E-state index in [1.807, 2.05) is 30.3 Å². The van der Waals surface area contributed by atoms with Gasteiger partial charge in [-0.05, 0) is 31.2 Å². The third kappa shape index (κ3) is 4.56. The number of carbonyl (C=O) groups is 2. The van der Waals surface area contributed by atoms with Crippen molar-refractivity contribution < 1.29 is 14.7 Å². The van der Waals surface area contributed by atoms with Gasteiger partial charge in [0.1, 0.15) is 6.04 Å². The van der Waals surface area contributed by atoms with Crippen LogP contribution in [0.15, 0.2) is 30.3 Å². The molecule has 0 aromatic heterocycles. The Morgan fingerprint density at radius 2 is 1.81 bits per heavy atom. The molecule has 5 heteroatoms. The third-order valence-corrected chi connectivity index (χ3v) is 4.04. The van der Waals surface area contributed by atoms with Crippen molar-refractivity contribution in [2.45, 2.75) is 44.2 Å². The van der Waals surface area contributed by atoms with Gasteiger partial charge in [-0.25, -0.2) is 4.79 Å². The first kappa shape index (κ1) is 15.5. The molecule has 0 radical (unpaired) electrons. The molecule has 0 saturated heterocycles. The van der Waals surface area contributed by atoms with E-state index in [-0.39, 0.29) is 17.9 Å². The van der Waals surface area contributed by atoms with Gasteiger partial charge in [0.25, 0.3) is 0 Å². The van der Waals surface area contributed by atoms with Crippen molar-refractivity contribution in [1.29, 1.82) is 0 Å². The molecule has 2 rings (SSSR count). The average Bonchev–Trinajstić information content (AvgIpc) is 2.48. The molecule has 0 aliphatic heterocycles. The third-order valence-electron chi connectivity index (χ3n) is 4.04. The van der Waals surface area contributed by atoms with Crippen molar-refractivity contribution in [2.75, 3.05) is 0 Å². The number of aliphatic carboxylic acids is 1. The Bertz CT molecular complexity index is 482. The lowest BCUT2D eigenvalue weighted by Crippen LogP contribution is -2.46. The van der Waals surface area contributed by atoms with Gasteiger partial charge in [0.2, 0.25) is 5.91 Å². The molecule has 0 unspecified atom stereocenters. The SMILES string of the molecule is NC1CCC(C(=O)N[C@H](Cc2ccccc2)C(=O)O)CC1. The molecule has 21 heavy (non-hydrogen) atoms. The van der Waals surface area contributed by atoms with E-state index in [0.29, 0.717) is 6.42 Å². The first-order chi connectivity index (χ1) is 10.1. The maximum absolute atomic E-state index is 12.2. The molecule has 1 saturated carbocycles. The van der Waals surface area contributed by atoms with Gasteiger partial charge in [-0.3, -0.25) is 4.79 Å². The Balaban J connectivity index is 1.93. The molecule has 1 aliphatic carbocycles. The van der Waals surface area contributed by atoms with Gasteiger partial charge in [0.15, 0.2) is 0 Å². The standard InChI is InChI=1S/C16H22N2O3/c17-13-8-6-12(7-9-13)15(19)18-14(16(20)21)10-11-4-2-1-3-5-11/h1-5,12-14H,6-10,17H2,(H,18,19)(H,20,21)/t12?,13?,14-/m1/s1. The average molecular weight is 290 g/mol. The Morgan fingerprint density at radius 1 is 1.19 bits per heavy atom. The minimum Gasteiger partial charge on any atom is -0.480 e. The molecular formula is C16H22N2O3. The number of hydrogen-bond donors (Lipinski definition) is 3. The first-order valence-electron chi connectivity index (χ1n) is 7.39. The van der Waals surface area contributed by atoms with Crippen LogP contribution in [0.2, 0.25) is 0 Å². The van der Waals surface area contributed by atoms with Gasteiger partial charge in [0, 0.05) is 18.4 Å². The van der Waals surface area contributed by atoms with Gasteiger partial charge in [-0.15, -0.1) is 0 Å². The zero-order valence-electron chi connectivity index (χ0n) is 12.0. The van der Waals surface area contributed by atoms with Crippen LogP contribution in [0.3, 0.4) is 0 Å². The van der Waals surface area contributed by atoms with Crippen LogP contribution in [-0.2, 0) is 16.0 Å². The monoisotopic (exact) mass is 290 g/mol. The van der Waals surface area contributed by atoms with E-state index in [0.717, 1.165) is 31.2 Å². The predicted octanol–water partition coefficient (Wildman–Crippen LogP) is 1.32. The Morgan fingerprint density at radius 3 is 2.38 bits per heavy atom. The summed E-state index contributed by atoms with van der Waals surface area (Å²) >= 11 is 0. The zero-order chi connectivity index (χ0) is 15.2. The van der Waals surface area contributed by atoms with Crippen molar-refractivity contribution in [3.8, 4) is 0 Å². The number of carbonyl (C=O) groups excluding carboxylic acids is 1. The van der Waals surface area contributed by atoms with Gasteiger partial charge in [0.05, 0.1) is 0 Å². The number of carboxylic acids is 1. The summed E-state index contributed by atoms with van der Waals surface area (Å²) < 4.78 is 0. The molecule has 1 aromatic rings. The fourth-order valence-corrected chi connectivity index (χ4v) is 2.72. The molecule has 1 amide bonds. The molecule has 1 fully saturated rings. The van der Waals surface area contributed by atoms with Crippen LogP contribution in [0.5, 0.6) is 0 Å². The Labute approximate surface area is 124 Å². The number of rotatable bonds is 5. The van der Waals surface area contributed by atoms with Crippen molar-refractivity contribution in [2.24, 2.45) is 11.7 Å². The molecule has 5 nitrogen and oxygen atoms in total. The number of nitrogens with one attached hydrogen (secondary N) is 1. The van der Waals surface area contributed by atoms with Crippen LogP contribution in [0.1, 0.15) is 31.2 Å². The summed E-state index contributed by atoms with van der Waals surface area (Å²) in [6.07, 6.45) is 3.44. The Kier molecular flexibility index (Phi) is 5.33. The number of benzene rings is 1. The van der Waals surface area contributed by atoms with E-state index in [2.05, 4.69) is 5.32 Å². The molecule has 0 heterocycles. The summed E-state index contributed by atoms with van der Waals surface area (Å²) in [6.45, 7) is 0. The highest BCUT2D eigenvalue weighted by atomic mass is 16.4. The summed E-state index contributed by atoms with van der Waals surface area (Å²) in [5, 5.41) is 12.0. The van der Waals surface area contributed by atoms with Crippen LogP contribution in [-0.4, -0.2) is 29.1 Å². The lowest BCUT2D eigenvalue weighted by Gasteiger charge is -2.26. The van der Waals surface area contributed by atoms with Crippen molar-refractivity contribution in [3.05, 3.63) is 35.9 Å². The van der Waals surface area contributed by atoms with E-state index in [9.17, 15) is 14.7 Å². The minimum absolute atomic E-state index is 0.109. The topological polar surface area (TPSA) is 92.4 Å². The zero-order valence-corrected chi connectivity index (χ0v) is 12.0. The summed E-state index contributed by atoms with van der Waals surface area (Å²) in [5.41, 5.74) is 6.72. The van der Waals surface area contributed by atoms with E-state index in [1.54, 1.807) is 0 Å².